The summed E-state index contributed by atoms with van der Waals surface area (Å²) in [6.07, 6.45) is 0.328. The molecule has 152 valence electrons. The minimum atomic E-state index is -0.454. The minimum absolute atomic E-state index is 0.0363. The Kier molecular flexibility index (Phi) is 6.35. The Morgan fingerprint density at radius 3 is 2.71 bits per heavy atom. The van der Waals surface area contributed by atoms with Crippen molar-refractivity contribution in [2.24, 2.45) is 5.73 Å². The largest absolute Gasteiger partial charge is 0.489 e. The molecular weight excluding hydrogens is 364 g/mol. The molecule has 1 atom stereocenters. The third-order valence-corrected chi connectivity index (χ3v) is 4.98. The van der Waals surface area contributed by atoms with E-state index in [1.54, 1.807) is 17.0 Å². The molecule has 0 saturated carbocycles. The van der Waals surface area contributed by atoms with Gasteiger partial charge in [-0.05, 0) is 18.2 Å². The first-order valence-corrected chi connectivity index (χ1v) is 9.37. The average Bonchev–Trinajstić information content (AvgIpc) is 2.70. The normalized spacial score (nSPS) is 18.8. The Labute approximate surface area is 163 Å². The molecule has 1 aromatic rings. The van der Waals surface area contributed by atoms with E-state index in [1.165, 1.54) is 0 Å². The van der Waals surface area contributed by atoms with Gasteiger partial charge in [0.15, 0.2) is 0 Å². The summed E-state index contributed by atoms with van der Waals surface area (Å²) in [5.41, 5.74) is 6.44. The van der Waals surface area contributed by atoms with Crippen LogP contribution < -0.4 is 20.7 Å². The number of nitrogens with one attached hydrogen (secondary N) is 1. The standard InChI is InChI=1S/C19H26N4O5/c1-22-14(11-18(25)21-5-4-17(20)24)12-28-16-3-2-13(10-15(16)22)19(26)23-6-8-27-9-7-23/h2-3,10,14H,4-9,11-12H2,1H3,(H2,20,24)(H,21,25). The SMILES string of the molecule is CN1c2cc(C(=O)N3CCOCC3)ccc2OCC1CC(=O)NCCC(N)=O. The van der Waals surface area contributed by atoms with Gasteiger partial charge in [0, 0.05) is 38.7 Å². The summed E-state index contributed by atoms with van der Waals surface area (Å²) in [7, 11) is 1.88. The van der Waals surface area contributed by atoms with Gasteiger partial charge >= 0.3 is 0 Å². The van der Waals surface area contributed by atoms with E-state index in [2.05, 4.69) is 5.32 Å². The molecule has 2 aliphatic rings. The van der Waals surface area contributed by atoms with Gasteiger partial charge in [0.05, 0.1) is 31.4 Å². The van der Waals surface area contributed by atoms with Gasteiger partial charge in [0.1, 0.15) is 12.4 Å². The van der Waals surface area contributed by atoms with Crippen molar-refractivity contribution in [3.05, 3.63) is 23.8 Å². The number of morpholine rings is 1. The third-order valence-electron chi connectivity index (χ3n) is 4.98. The van der Waals surface area contributed by atoms with Gasteiger partial charge in [-0.2, -0.15) is 0 Å². The molecule has 3 rings (SSSR count). The number of rotatable bonds is 6. The highest BCUT2D eigenvalue weighted by atomic mass is 16.5. The van der Waals surface area contributed by atoms with E-state index in [9.17, 15) is 14.4 Å². The quantitative estimate of drug-likeness (QED) is 0.692. The lowest BCUT2D eigenvalue weighted by Gasteiger charge is -2.36. The van der Waals surface area contributed by atoms with Crippen molar-refractivity contribution in [2.45, 2.75) is 18.9 Å². The molecule has 2 heterocycles. The van der Waals surface area contributed by atoms with E-state index < -0.39 is 5.91 Å². The molecule has 9 heteroatoms. The van der Waals surface area contributed by atoms with Crippen molar-refractivity contribution in [1.82, 2.24) is 10.2 Å². The number of carbonyl (C=O) groups is 3. The summed E-state index contributed by atoms with van der Waals surface area (Å²) in [6.45, 7) is 2.84. The van der Waals surface area contributed by atoms with E-state index in [1.807, 2.05) is 18.0 Å². The fourth-order valence-corrected chi connectivity index (χ4v) is 3.30. The van der Waals surface area contributed by atoms with E-state index in [4.69, 9.17) is 15.2 Å². The molecule has 2 aliphatic heterocycles. The lowest BCUT2D eigenvalue weighted by molar-refractivity contribution is -0.122. The molecule has 0 spiro atoms. The highest BCUT2D eigenvalue weighted by molar-refractivity contribution is 5.96. The van der Waals surface area contributed by atoms with Gasteiger partial charge in [-0.1, -0.05) is 0 Å². The van der Waals surface area contributed by atoms with E-state index >= 15 is 0 Å². The maximum Gasteiger partial charge on any atom is 0.254 e. The number of nitrogens with two attached hydrogens (primary N) is 1. The second kappa shape index (κ2) is 8.92. The minimum Gasteiger partial charge on any atom is -0.489 e. The first kappa shape index (κ1) is 19.9. The summed E-state index contributed by atoms with van der Waals surface area (Å²) in [5, 5.41) is 2.68. The van der Waals surface area contributed by atoms with Gasteiger partial charge < -0.3 is 30.3 Å². The van der Waals surface area contributed by atoms with E-state index in [0.29, 0.717) is 44.2 Å². The van der Waals surface area contributed by atoms with Gasteiger partial charge in [-0.25, -0.2) is 0 Å². The van der Waals surface area contributed by atoms with Gasteiger partial charge in [-0.3, -0.25) is 14.4 Å². The summed E-state index contributed by atoms with van der Waals surface area (Å²) >= 11 is 0. The predicted molar refractivity (Wildman–Crippen MR) is 102 cm³/mol. The summed E-state index contributed by atoms with van der Waals surface area (Å²) in [5.74, 6) is 0.0211. The lowest BCUT2D eigenvalue weighted by Crippen LogP contribution is -2.44. The highest BCUT2D eigenvalue weighted by Crippen LogP contribution is 2.34. The average molecular weight is 390 g/mol. The van der Waals surface area contributed by atoms with Crippen LogP contribution in [0.2, 0.25) is 0 Å². The van der Waals surface area contributed by atoms with Crippen LogP contribution in [0.4, 0.5) is 5.69 Å². The fraction of sp³-hybridized carbons (Fsp3) is 0.526. The molecule has 0 aromatic heterocycles. The number of benzene rings is 1. The molecule has 9 nitrogen and oxygen atoms in total. The molecule has 3 amide bonds. The topological polar surface area (TPSA) is 114 Å². The van der Waals surface area contributed by atoms with Crippen molar-refractivity contribution in [3.8, 4) is 5.75 Å². The van der Waals surface area contributed by atoms with Crippen LogP contribution in [0, 0.1) is 0 Å². The number of ether oxygens (including phenoxy) is 2. The Hall–Kier alpha value is -2.81. The Bertz CT molecular complexity index is 748. The van der Waals surface area contributed by atoms with Gasteiger partial charge in [0.25, 0.3) is 5.91 Å². The van der Waals surface area contributed by atoms with E-state index in [0.717, 1.165) is 5.69 Å². The molecule has 3 N–H and O–H groups in total. The fourth-order valence-electron chi connectivity index (χ4n) is 3.30. The van der Waals surface area contributed by atoms with Crippen LogP contribution in [0.25, 0.3) is 0 Å². The van der Waals surface area contributed by atoms with Crippen molar-refractivity contribution in [1.29, 1.82) is 0 Å². The molecule has 1 aromatic carbocycles. The second-order valence-electron chi connectivity index (χ2n) is 6.93. The third kappa shape index (κ3) is 4.72. The van der Waals surface area contributed by atoms with Crippen LogP contribution in [0.5, 0.6) is 5.75 Å². The molecule has 0 aliphatic carbocycles. The van der Waals surface area contributed by atoms with Crippen LogP contribution in [-0.4, -0.2) is 75.2 Å². The Morgan fingerprint density at radius 2 is 2.00 bits per heavy atom. The van der Waals surface area contributed by atoms with Crippen LogP contribution >= 0.6 is 0 Å². The molecule has 28 heavy (non-hydrogen) atoms. The zero-order chi connectivity index (χ0) is 20.1. The maximum atomic E-state index is 12.7. The first-order chi connectivity index (χ1) is 13.5. The number of carbonyl (C=O) groups excluding carboxylic acids is 3. The number of primary amides is 1. The second-order valence-corrected chi connectivity index (χ2v) is 6.93. The number of hydrogen-bond donors (Lipinski definition) is 2. The molecule has 1 unspecified atom stereocenters. The number of amides is 3. The molecule has 0 radical (unpaired) electrons. The van der Waals surface area contributed by atoms with Crippen molar-refractivity contribution < 1.29 is 23.9 Å². The number of nitrogens with zero attached hydrogens (tertiary/aromatic N) is 2. The monoisotopic (exact) mass is 390 g/mol. The number of hydrogen-bond acceptors (Lipinski definition) is 6. The van der Waals surface area contributed by atoms with Crippen LogP contribution in [-0.2, 0) is 14.3 Å². The van der Waals surface area contributed by atoms with Crippen LogP contribution in [0.15, 0.2) is 18.2 Å². The Balaban J connectivity index is 1.65. The van der Waals surface area contributed by atoms with Crippen LogP contribution in [0.3, 0.4) is 0 Å². The number of fused-ring (bicyclic) bond motifs is 1. The zero-order valence-electron chi connectivity index (χ0n) is 16.0. The smallest absolute Gasteiger partial charge is 0.254 e. The summed E-state index contributed by atoms with van der Waals surface area (Å²) in [4.78, 5) is 39.4. The molecule has 0 bridgehead atoms. The predicted octanol–water partition coefficient (Wildman–Crippen LogP) is -0.262. The molecule has 1 fully saturated rings. The lowest BCUT2D eigenvalue weighted by atomic mass is 10.1. The van der Waals surface area contributed by atoms with Gasteiger partial charge in [-0.15, -0.1) is 0 Å². The van der Waals surface area contributed by atoms with E-state index in [-0.39, 0.29) is 37.2 Å². The number of likely N-dealkylation sites (N-methyl/N-ethyl adjacent to an activating group) is 1. The highest BCUT2D eigenvalue weighted by Gasteiger charge is 2.28. The molecular formula is C19H26N4O5. The molecule has 1 saturated heterocycles. The van der Waals surface area contributed by atoms with Crippen molar-refractivity contribution in [2.75, 3.05) is 51.4 Å². The summed E-state index contributed by atoms with van der Waals surface area (Å²) in [6, 6.07) is 5.20. The number of anilines is 1. The maximum absolute atomic E-state index is 12.7. The van der Waals surface area contributed by atoms with Crippen LogP contribution in [0.1, 0.15) is 23.2 Å². The van der Waals surface area contributed by atoms with Gasteiger partial charge in [0.2, 0.25) is 11.8 Å². The first-order valence-electron chi connectivity index (χ1n) is 9.37. The van der Waals surface area contributed by atoms with Crippen molar-refractivity contribution in [3.63, 3.8) is 0 Å². The summed E-state index contributed by atoms with van der Waals surface area (Å²) < 4.78 is 11.1. The zero-order valence-corrected chi connectivity index (χ0v) is 16.0. The Morgan fingerprint density at radius 1 is 1.25 bits per heavy atom. The van der Waals surface area contributed by atoms with Crippen molar-refractivity contribution >= 4 is 23.4 Å².